The number of amides is 1. The summed E-state index contributed by atoms with van der Waals surface area (Å²) < 4.78 is 1.83. The first kappa shape index (κ1) is 16.0. The second kappa shape index (κ2) is 7.14. The molecule has 0 saturated carbocycles. The first-order valence-electron chi connectivity index (χ1n) is 8.33. The van der Waals surface area contributed by atoms with Crippen LogP contribution in [0.25, 0.3) is 11.0 Å². The van der Waals surface area contributed by atoms with Crippen molar-refractivity contribution in [3.05, 3.63) is 90.0 Å². The minimum Gasteiger partial charge on any atom is -0.346 e. The lowest BCUT2D eigenvalue weighted by Gasteiger charge is -2.06. The Balaban J connectivity index is 1.50. The number of fused-ring (bicyclic) bond motifs is 1. The molecule has 6 nitrogen and oxygen atoms in total. The third kappa shape index (κ3) is 3.44. The molecule has 0 bridgehead atoms. The van der Waals surface area contributed by atoms with Crippen molar-refractivity contribution in [3.63, 3.8) is 0 Å². The molecule has 4 rings (SSSR count). The zero-order chi connectivity index (χ0) is 17.8. The van der Waals surface area contributed by atoms with E-state index in [1.165, 1.54) is 0 Å². The van der Waals surface area contributed by atoms with E-state index in [1.807, 2.05) is 59.3 Å². The molecule has 3 aromatic heterocycles. The van der Waals surface area contributed by atoms with Crippen molar-refractivity contribution >= 4 is 16.9 Å². The van der Waals surface area contributed by atoms with Gasteiger partial charge in [-0.3, -0.25) is 9.78 Å². The van der Waals surface area contributed by atoms with Crippen molar-refractivity contribution in [2.75, 3.05) is 0 Å². The molecule has 0 saturated heterocycles. The lowest BCUT2D eigenvalue weighted by molar-refractivity contribution is 0.0950. The molecule has 4 aromatic rings. The van der Waals surface area contributed by atoms with Crippen LogP contribution in [-0.4, -0.2) is 25.7 Å². The Hall–Kier alpha value is -3.54. The standard InChI is InChI=1S/C20H17N5O/c26-20(23-13-18-8-4-5-9-21-18)17-10-16-12-24-25(19(16)22-11-17)14-15-6-2-1-3-7-15/h1-12H,13-14H2,(H,23,26). The Morgan fingerprint density at radius 2 is 1.85 bits per heavy atom. The van der Waals surface area contributed by atoms with Crippen LogP contribution in [0, 0.1) is 0 Å². The SMILES string of the molecule is O=C(NCc1ccccn1)c1cnc2c(cnn2Cc2ccccc2)c1. The van der Waals surface area contributed by atoms with Crippen molar-refractivity contribution in [2.24, 2.45) is 0 Å². The lowest BCUT2D eigenvalue weighted by Crippen LogP contribution is -2.23. The van der Waals surface area contributed by atoms with Gasteiger partial charge in [0.25, 0.3) is 5.91 Å². The van der Waals surface area contributed by atoms with E-state index < -0.39 is 0 Å². The number of hydrogen-bond donors (Lipinski definition) is 1. The zero-order valence-electron chi connectivity index (χ0n) is 14.0. The van der Waals surface area contributed by atoms with Gasteiger partial charge in [0.2, 0.25) is 0 Å². The summed E-state index contributed by atoms with van der Waals surface area (Å²) in [5.74, 6) is -0.180. The van der Waals surface area contributed by atoms with Gasteiger partial charge in [0.15, 0.2) is 5.65 Å². The van der Waals surface area contributed by atoms with Crippen LogP contribution in [0.1, 0.15) is 21.6 Å². The minimum absolute atomic E-state index is 0.180. The highest BCUT2D eigenvalue weighted by Gasteiger charge is 2.10. The average molecular weight is 343 g/mol. The smallest absolute Gasteiger partial charge is 0.253 e. The van der Waals surface area contributed by atoms with E-state index >= 15 is 0 Å². The Morgan fingerprint density at radius 1 is 1.00 bits per heavy atom. The highest BCUT2D eigenvalue weighted by molar-refractivity contribution is 5.96. The fourth-order valence-electron chi connectivity index (χ4n) is 2.74. The number of rotatable bonds is 5. The molecule has 1 N–H and O–H groups in total. The van der Waals surface area contributed by atoms with Crippen LogP contribution in [0.15, 0.2) is 73.2 Å². The first-order valence-corrected chi connectivity index (χ1v) is 8.33. The largest absolute Gasteiger partial charge is 0.346 e. The number of nitrogens with one attached hydrogen (secondary N) is 1. The van der Waals surface area contributed by atoms with E-state index in [-0.39, 0.29) is 5.91 Å². The van der Waals surface area contributed by atoms with Crippen molar-refractivity contribution < 1.29 is 4.79 Å². The van der Waals surface area contributed by atoms with E-state index in [0.717, 1.165) is 22.3 Å². The second-order valence-electron chi connectivity index (χ2n) is 5.93. The summed E-state index contributed by atoms with van der Waals surface area (Å²) in [4.78, 5) is 21.0. The van der Waals surface area contributed by atoms with Gasteiger partial charge in [-0.25, -0.2) is 9.67 Å². The predicted molar refractivity (Wildman–Crippen MR) is 98.5 cm³/mol. The van der Waals surface area contributed by atoms with Crippen LogP contribution in [0.2, 0.25) is 0 Å². The molecule has 0 radical (unpaired) electrons. The third-order valence-electron chi connectivity index (χ3n) is 4.07. The molecule has 1 aromatic carbocycles. The maximum absolute atomic E-state index is 12.4. The molecular weight excluding hydrogens is 326 g/mol. The summed E-state index contributed by atoms with van der Waals surface area (Å²) in [5, 5.41) is 8.09. The molecule has 0 fully saturated rings. The van der Waals surface area contributed by atoms with Gasteiger partial charge < -0.3 is 5.32 Å². The quantitative estimate of drug-likeness (QED) is 0.605. The fourth-order valence-corrected chi connectivity index (χ4v) is 2.74. The topological polar surface area (TPSA) is 72.7 Å². The van der Waals surface area contributed by atoms with Gasteiger partial charge in [-0.1, -0.05) is 36.4 Å². The van der Waals surface area contributed by atoms with Crippen LogP contribution < -0.4 is 5.32 Å². The molecular formula is C20H17N5O. The number of hydrogen-bond acceptors (Lipinski definition) is 4. The van der Waals surface area contributed by atoms with Gasteiger partial charge in [0.05, 0.1) is 30.5 Å². The maximum atomic E-state index is 12.4. The van der Waals surface area contributed by atoms with Gasteiger partial charge in [0.1, 0.15) is 0 Å². The van der Waals surface area contributed by atoms with Crippen molar-refractivity contribution in [3.8, 4) is 0 Å². The van der Waals surface area contributed by atoms with Crippen LogP contribution >= 0.6 is 0 Å². The number of carbonyl (C=O) groups is 1. The van der Waals surface area contributed by atoms with Gasteiger partial charge in [-0.2, -0.15) is 5.10 Å². The molecule has 6 heteroatoms. The minimum atomic E-state index is -0.180. The normalized spacial score (nSPS) is 10.8. The molecule has 128 valence electrons. The van der Waals surface area contributed by atoms with Crippen LogP contribution in [-0.2, 0) is 13.1 Å². The van der Waals surface area contributed by atoms with Crippen LogP contribution in [0.4, 0.5) is 0 Å². The Kier molecular flexibility index (Phi) is 4.38. The number of benzene rings is 1. The lowest BCUT2D eigenvalue weighted by atomic mass is 10.2. The maximum Gasteiger partial charge on any atom is 0.253 e. The summed E-state index contributed by atoms with van der Waals surface area (Å²) in [6.45, 7) is 1.02. The number of pyridine rings is 2. The number of aromatic nitrogens is 4. The van der Waals surface area contributed by atoms with Crippen molar-refractivity contribution in [1.82, 2.24) is 25.1 Å². The summed E-state index contributed by atoms with van der Waals surface area (Å²) in [7, 11) is 0. The average Bonchev–Trinajstić information content (AvgIpc) is 3.10. The van der Waals surface area contributed by atoms with Gasteiger partial charge >= 0.3 is 0 Å². The second-order valence-corrected chi connectivity index (χ2v) is 5.93. The van der Waals surface area contributed by atoms with Crippen LogP contribution in [0.5, 0.6) is 0 Å². The number of nitrogens with zero attached hydrogens (tertiary/aromatic N) is 4. The first-order chi connectivity index (χ1) is 12.8. The Bertz CT molecular complexity index is 1030. The predicted octanol–water partition coefficient (Wildman–Crippen LogP) is 2.80. The van der Waals surface area contributed by atoms with Crippen LogP contribution in [0.3, 0.4) is 0 Å². The molecule has 26 heavy (non-hydrogen) atoms. The number of carbonyl (C=O) groups excluding carboxylic acids is 1. The van der Waals surface area contributed by atoms with Gasteiger partial charge in [0, 0.05) is 17.8 Å². The van der Waals surface area contributed by atoms with E-state index in [9.17, 15) is 4.79 Å². The van der Waals surface area contributed by atoms with Gasteiger partial charge in [-0.15, -0.1) is 0 Å². The van der Waals surface area contributed by atoms with Gasteiger partial charge in [-0.05, 0) is 23.8 Å². The van der Waals surface area contributed by atoms with E-state index in [1.54, 1.807) is 18.6 Å². The highest BCUT2D eigenvalue weighted by Crippen LogP contribution is 2.14. The third-order valence-corrected chi connectivity index (χ3v) is 4.07. The molecule has 0 spiro atoms. The summed E-state index contributed by atoms with van der Waals surface area (Å²) >= 11 is 0. The Labute approximate surface area is 150 Å². The molecule has 0 aliphatic heterocycles. The molecule has 0 atom stereocenters. The molecule has 0 unspecified atom stereocenters. The zero-order valence-corrected chi connectivity index (χ0v) is 14.0. The van der Waals surface area contributed by atoms with E-state index in [0.29, 0.717) is 18.7 Å². The Morgan fingerprint density at radius 3 is 2.65 bits per heavy atom. The molecule has 3 heterocycles. The molecule has 1 amide bonds. The summed E-state index contributed by atoms with van der Waals surface area (Å²) in [6, 6.07) is 17.5. The fraction of sp³-hybridized carbons (Fsp3) is 0.100. The van der Waals surface area contributed by atoms with E-state index in [4.69, 9.17) is 0 Å². The highest BCUT2D eigenvalue weighted by atomic mass is 16.1. The van der Waals surface area contributed by atoms with Crippen molar-refractivity contribution in [2.45, 2.75) is 13.1 Å². The van der Waals surface area contributed by atoms with Crippen molar-refractivity contribution in [1.29, 1.82) is 0 Å². The van der Waals surface area contributed by atoms with E-state index in [2.05, 4.69) is 20.4 Å². The molecule has 0 aliphatic rings. The summed E-state index contributed by atoms with van der Waals surface area (Å²) in [5.41, 5.74) is 3.23. The monoisotopic (exact) mass is 343 g/mol. The summed E-state index contributed by atoms with van der Waals surface area (Å²) in [6.07, 6.45) is 5.02. The molecule has 0 aliphatic carbocycles.